The molecule has 0 amide bonds. The second-order valence-electron chi connectivity index (χ2n) is 6.26. The zero-order valence-corrected chi connectivity index (χ0v) is 15.1. The minimum Gasteiger partial charge on any atom is -0.353 e. The number of hydrogen-bond acceptors (Lipinski definition) is 3. The lowest BCUT2D eigenvalue weighted by Gasteiger charge is -2.37. The molecular formula is C19H22F3N5. The van der Waals surface area contributed by atoms with Gasteiger partial charge in [-0.1, -0.05) is 18.2 Å². The molecule has 0 unspecified atom stereocenters. The van der Waals surface area contributed by atoms with Crippen LogP contribution in [0, 0.1) is 0 Å². The minimum absolute atomic E-state index is 0.289. The molecule has 3 rings (SSSR count). The van der Waals surface area contributed by atoms with Gasteiger partial charge < -0.3 is 15.1 Å². The van der Waals surface area contributed by atoms with Crippen LogP contribution in [-0.2, 0) is 12.7 Å². The minimum atomic E-state index is -4.33. The van der Waals surface area contributed by atoms with Crippen molar-refractivity contribution in [1.29, 1.82) is 0 Å². The molecule has 1 aromatic heterocycles. The summed E-state index contributed by atoms with van der Waals surface area (Å²) < 4.78 is 38.5. The largest absolute Gasteiger partial charge is 0.416 e. The van der Waals surface area contributed by atoms with Gasteiger partial charge in [-0.05, 0) is 29.8 Å². The van der Waals surface area contributed by atoms with E-state index in [9.17, 15) is 13.2 Å². The van der Waals surface area contributed by atoms with Gasteiger partial charge in [0.2, 0.25) is 0 Å². The van der Waals surface area contributed by atoms with Gasteiger partial charge >= 0.3 is 6.18 Å². The molecule has 1 N–H and O–H groups in total. The third-order valence-electron chi connectivity index (χ3n) is 4.47. The average molecular weight is 377 g/mol. The first-order valence-electron chi connectivity index (χ1n) is 8.75. The molecule has 0 bridgehead atoms. The van der Waals surface area contributed by atoms with Crippen molar-refractivity contribution in [3.63, 3.8) is 0 Å². The Balaban J connectivity index is 1.56. The lowest BCUT2D eigenvalue weighted by atomic mass is 10.1. The van der Waals surface area contributed by atoms with Crippen LogP contribution in [0.25, 0.3) is 0 Å². The van der Waals surface area contributed by atoms with Crippen LogP contribution in [0.2, 0.25) is 0 Å². The van der Waals surface area contributed by atoms with Crippen LogP contribution in [0.3, 0.4) is 0 Å². The lowest BCUT2D eigenvalue weighted by Crippen LogP contribution is -2.52. The Morgan fingerprint density at radius 3 is 2.52 bits per heavy atom. The molecular weight excluding hydrogens is 355 g/mol. The summed E-state index contributed by atoms with van der Waals surface area (Å²) in [7, 11) is 1.68. The predicted octanol–water partition coefficient (Wildman–Crippen LogP) is 3.00. The number of nitrogens with one attached hydrogen (secondary N) is 1. The number of alkyl halides is 3. The van der Waals surface area contributed by atoms with Crippen LogP contribution in [0.5, 0.6) is 0 Å². The Kier molecular flexibility index (Phi) is 5.83. The zero-order chi connectivity index (χ0) is 19.3. The average Bonchev–Trinajstić information content (AvgIpc) is 2.69. The summed E-state index contributed by atoms with van der Waals surface area (Å²) in [6.45, 7) is 3.43. The summed E-state index contributed by atoms with van der Waals surface area (Å²) in [5, 5.41) is 3.16. The Hall–Kier alpha value is -2.77. The van der Waals surface area contributed by atoms with Gasteiger partial charge in [0.1, 0.15) is 5.82 Å². The number of guanidine groups is 1. The van der Waals surface area contributed by atoms with E-state index in [4.69, 9.17) is 0 Å². The summed E-state index contributed by atoms with van der Waals surface area (Å²) in [5.41, 5.74) is -0.0705. The summed E-state index contributed by atoms with van der Waals surface area (Å²) in [5.74, 6) is 1.64. The molecule has 0 radical (unpaired) electrons. The summed E-state index contributed by atoms with van der Waals surface area (Å²) in [6.07, 6.45) is -2.56. The second-order valence-corrected chi connectivity index (χ2v) is 6.26. The number of halogens is 3. The van der Waals surface area contributed by atoms with Crippen LogP contribution < -0.4 is 10.2 Å². The number of pyridine rings is 1. The lowest BCUT2D eigenvalue weighted by molar-refractivity contribution is -0.137. The number of nitrogens with zero attached hydrogens (tertiary/aromatic N) is 4. The number of aliphatic imine (C=N–C) groups is 1. The number of benzene rings is 1. The van der Waals surface area contributed by atoms with Crippen molar-refractivity contribution >= 4 is 11.8 Å². The van der Waals surface area contributed by atoms with Gasteiger partial charge in [-0.2, -0.15) is 13.2 Å². The predicted molar refractivity (Wildman–Crippen MR) is 99.7 cm³/mol. The highest BCUT2D eigenvalue weighted by molar-refractivity contribution is 5.80. The fraction of sp³-hybridized carbons (Fsp3) is 0.368. The maximum absolute atomic E-state index is 12.8. The van der Waals surface area contributed by atoms with Gasteiger partial charge in [0.15, 0.2) is 5.96 Å². The Bertz CT molecular complexity index is 768. The Morgan fingerprint density at radius 2 is 1.89 bits per heavy atom. The standard InChI is InChI=1S/C19H22F3N5/c1-23-18(25-14-15-5-4-6-16(13-15)19(20,21)22)27-11-9-26(10-12-27)17-7-2-3-8-24-17/h2-8,13H,9-12,14H2,1H3,(H,23,25). The van der Waals surface area contributed by atoms with Gasteiger partial charge in [0.25, 0.3) is 0 Å². The molecule has 1 fully saturated rings. The number of hydrogen-bond donors (Lipinski definition) is 1. The van der Waals surface area contributed by atoms with Crippen molar-refractivity contribution in [1.82, 2.24) is 15.2 Å². The maximum atomic E-state index is 12.8. The van der Waals surface area contributed by atoms with Gasteiger partial charge in [-0.3, -0.25) is 4.99 Å². The third-order valence-corrected chi connectivity index (χ3v) is 4.47. The van der Waals surface area contributed by atoms with Gasteiger partial charge in [0, 0.05) is 46.0 Å². The van der Waals surface area contributed by atoms with E-state index in [1.807, 2.05) is 18.2 Å². The highest BCUT2D eigenvalue weighted by Crippen LogP contribution is 2.29. The molecule has 1 aliphatic rings. The molecule has 1 saturated heterocycles. The molecule has 144 valence electrons. The van der Waals surface area contributed by atoms with Crippen molar-refractivity contribution < 1.29 is 13.2 Å². The first kappa shape index (κ1) is 19.0. The smallest absolute Gasteiger partial charge is 0.353 e. The monoisotopic (exact) mass is 377 g/mol. The van der Waals surface area contributed by atoms with Crippen LogP contribution in [0.4, 0.5) is 19.0 Å². The highest BCUT2D eigenvalue weighted by Gasteiger charge is 2.30. The topological polar surface area (TPSA) is 43.8 Å². The highest BCUT2D eigenvalue weighted by atomic mass is 19.4. The van der Waals surface area contributed by atoms with Crippen LogP contribution >= 0.6 is 0 Å². The van der Waals surface area contributed by atoms with Gasteiger partial charge in [-0.25, -0.2) is 4.98 Å². The summed E-state index contributed by atoms with van der Waals surface area (Å²) >= 11 is 0. The molecule has 2 aromatic rings. The van der Waals surface area contributed by atoms with Crippen molar-refractivity contribution in [3.8, 4) is 0 Å². The first-order valence-corrected chi connectivity index (χ1v) is 8.75. The fourth-order valence-electron chi connectivity index (χ4n) is 3.06. The van der Waals surface area contributed by atoms with Crippen LogP contribution in [-0.4, -0.2) is 49.1 Å². The first-order chi connectivity index (χ1) is 13.0. The molecule has 1 aliphatic heterocycles. The van der Waals surface area contributed by atoms with Crippen molar-refractivity contribution in [2.75, 3.05) is 38.1 Å². The van der Waals surface area contributed by atoms with Crippen molar-refractivity contribution in [2.24, 2.45) is 4.99 Å². The number of anilines is 1. The Labute approximate surface area is 156 Å². The van der Waals surface area contributed by atoms with Crippen LogP contribution in [0.15, 0.2) is 53.7 Å². The second kappa shape index (κ2) is 8.28. The van der Waals surface area contributed by atoms with E-state index in [1.165, 1.54) is 12.1 Å². The molecule has 5 nitrogen and oxygen atoms in total. The maximum Gasteiger partial charge on any atom is 0.416 e. The zero-order valence-electron chi connectivity index (χ0n) is 15.1. The molecule has 27 heavy (non-hydrogen) atoms. The van der Waals surface area contributed by atoms with Gasteiger partial charge in [0.05, 0.1) is 5.56 Å². The summed E-state index contributed by atoms with van der Waals surface area (Å²) in [6, 6.07) is 11.2. The number of rotatable bonds is 3. The van der Waals surface area contributed by atoms with E-state index in [0.717, 1.165) is 38.1 Å². The fourth-order valence-corrected chi connectivity index (χ4v) is 3.06. The van der Waals surface area contributed by atoms with E-state index in [0.29, 0.717) is 11.5 Å². The molecule has 0 saturated carbocycles. The number of piperazine rings is 1. The van der Waals surface area contributed by atoms with Gasteiger partial charge in [-0.15, -0.1) is 0 Å². The normalized spacial score (nSPS) is 15.8. The molecule has 0 spiro atoms. The summed E-state index contributed by atoms with van der Waals surface area (Å²) in [4.78, 5) is 12.9. The van der Waals surface area contributed by atoms with Crippen LogP contribution in [0.1, 0.15) is 11.1 Å². The third kappa shape index (κ3) is 4.90. The molecule has 1 aromatic carbocycles. The van der Waals surface area contributed by atoms with E-state index in [2.05, 4.69) is 25.1 Å². The SMILES string of the molecule is CN=C(NCc1cccc(C(F)(F)F)c1)N1CCN(c2ccccn2)CC1. The van der Waals surface area contributed by atoms with E-state index >= 15 is 0 Å². The molecule has 8 heteroatoms. The quantitative estimate of drug-likeness (QED) is 0.660. The van der Waals surface area contributed by atoms with E-state index < -0.39 is 11.7 Å². The van der Waals surface area contributed by atoms with Crippen molar-refractivity contribution in [3.05, 3.63) is 59.8 Å². The molecule has 0 aliphatic carbocycles. The molecule has 2 heterocycles. The Morgan fingerprint density at radius 1 is 1.11 bits per heavy atom. The van der Waals surface area contributed by atoms with Crippen molar-refractivity contribution in [2.45, 2.75) is 12.7 Å². The van der Waals surface area contributed by atoms with E-state index in [-0.39, 0.29) is 6.54 Å². The number of aromatic nitrogens is 1. The molecule has 0 atom stereocenters. The van der Waals surface area contributed by atoms with E-state index in [1.54, 1.807) is 19.3 Å².